The van der Waals surface area contributed by atoms with E-state index >= 15 is 0 Å². The lowest BCUT2D eigenvalue weighted by atomic mass is 10.1. The van der Waals surface area contributed by atoms with Gasteiger partial charge in [-0.3, -0.25) is 4.79 Å². The molecule has 1 aromatic rings. The van der Waals surface area contributed by atoms with Crippen LogP contribution in [0.25, 0.3) is 0 Å². The van der Waals surface area contributed by atoms with Gasteiger partial charge in [0.2, 0.25) is 5.91 Å². The van der Waals surface area contributed by atoms with Gasteiger partial charge in [-0.15, -0.1) is 0 Å². The van der Waals surface area contributed by atoms with Crippen LogP contribution in [0.5, 0.6) is 0 Å². The Morgan fingerprint density at radius 2 is 2.04 bits per heavy atom. The number of furan rings is 1. The second kappa shape index (κ2) is 7.51. The van der Waals surface area contributed by atoms with Crippen molar-refractivity contribution in [3.8, 4) is 0 Å². The molecule has 1 fully saturated rings. The van der Waals surface area contributed by atoms with Crippen molar-refractivity contribution in [1.29, 1.82) is 0 Å². The quantitative estimate of drug-likeness (QED) is 0.825. The van der Waals surface area contributed by atoms with E-state index in [1.807, 2.05) is 32.9 Å². The molecular formula is C17H27NO4S. The summed E-state index contributed by atoms with van der Waals surface area (Å²) < 4.78 is 30.0. The van der Waals surface area contributed by atoms with Crippen molar-refractivity contribution < 1.29 is 17.6 Å². The molecule has 1 aliphatic heterocycles. The Bertz CT molecular complexity index is 633. The van der Waals surface area contributed by atoms with Crippen LogP contribution >= 0.6 is 0 Å². The summed E-state index contributed by atoms with van der Waals surface area (Å²) in [4.78, 5) is 14.4. The first-order chi connectivity index (χ1) is 10.8. The molecule has 0 N–H and O–H groups in total. The molecule has 2 rings (SSSR count). The van der Waals surface area contributed by atoms with Crippen molar-refractivity contribution in [2.75, 3.05) is 18.1 Å². The molecule has 0 unspecified atom stereocenters. The molecule has 1 saturated heterocycles. The SMILES string of the molecule is Cc1ccc([C@H]2CCCCCN2C(=O)CS(=O)(=O)CC(C)C)o1. The van der Waals surface area contributed by atoms with Crippen LogP contribution in [0.3, 0.4) is 0 Å². The Labute approximate surface area is 139 Å². The van der Waals surface area contributed by atoms with Crippen LogP contribution < -0.4 is 0 Å². The molecule has 5 nitrogen and oxygen atoms in total. The lowest BCUT2D eigenvalue weighted by molar-refractivity contribution is -0.131. The van der Waals surface area contributed by atoms with Crippen LogP contribution in [0, 0.1) is 12.8 Å². The second-order valence-electron chi connectivity index (χ2n) is 6.85. The fourth-order valence-corrected chi connectivity index (χ4v) is 4.85. The summed E-state index contributed by atoms with van der Waals surface area (Å²) in [5, 5.41) is 0. The van der Waals surface area contributed by atoms with Crippen molar-refractivity contribution in [3.05, 3.63) is 23.7 Å². The van der Waals surface area contributed by atoms with E-state index in [0.29, 0.717) is 6.54 Å². The minimum atomic E-state index is -3.36. The Morgan fingerprint density at radius 1 is 1.30 bits per heavy atom. The molecule has 0 saturated carbocycles. The highest BCUT2D eigenvalue weighted by atomic mass is 32.2. The second-order valence-corrected chi connectivity index (χ2v) is 8.96. The summed E-state index contributed by atoms with van der Waals surface area (Å²) >= 11 is 0. The number of likely N-dealkylation sites (tertiary alicyclic amines) is 1. The number of carbonyl (C=O) groups is 1. The molecule has 6 heteroatoms. The fraction of sp³-hybridized carbons (Fsp3) is 0.706. The zero-order valence-electron chi connectivity index (χ0n) is 14.2. The smallest absolute Gasteiger partial charge is 0.238 e. The maximum absolute atomic E-state index is 12.6. The molecule has 1 aliphatic rings. The van der Waals surface area contributed by atoms with E-state index in [1.54, 1.807) is 4.90 Å². The van der Waals surface area contributed by atoms with E-state index in [0.717, 1.165) is 37.2 Å². The van der Waals surface area contributed by atoms with Gasteiger partial charge in [-0.25, -0.2) is 8.42 Å². The van der Waals surface area contributed by atoms with Gasteiger partial charge in [-0.2, -0.15) is 0 Å². The van der Waals surface area contributed by atoms with Gasteiger partial charge in [0.25, 0.3) is 0 Å². The van der Waals surface area contributed by atoms with Crippen molar-refractivity contribution in [1.82, 2.24) is 4.90 Å². The number of sulfone groups is 1. The molecule has 1 aromatic heterocycles. The third kappa shape index (κ3) is 5.09. The molecule has 2 heterocycles. The van der Waals surface area contributed by atoms with E-state index in [1.165, 1.54) is 0 Å². The number of nitrogens with zero attached hydrogens (tertiary/aromatic N) is 1. The number of hydrogen-bond acceptors (Lipinski definition) is 4. The monoisotopic (exact) mass is 341 g/mol. The third-order valence-electron chi connectivity index (χ3n) is 4.09. The number of hydrogen-bond donors (Lipinski definition) is 0. The lowest BCUT2D eigenvalue weighted by Gasteiger charge is -2.28. The highest BCUT2D eigenvalue weighted by Gasteiger charge is 2.31. The third-order valence-corrected chi connectivity index (χ3v) is 5.95. The molecule has 0 aromatic carbocycles. The fourth-order valence-electron chi connectivity index (χ4n) is 3.17. The molecular weight excluding hydrogens is 314 g/mol. The van der Waals surface area contributed by atoms with Crippen LogP contribution in [0.1, 0.15) is 57.1 Å². The van der Waals surface area contributed by atoms with Crippen molar-refractivity contribution in [2.45, 2.75) is 52.5 Å². The summed E-state index contributed by atoms with van der Waals surface area (Å²) in [6.45, 7) is 6.17. The van der Waals surface area contributed by atoms with Crippen molar-refractivity contribution in [2.24, 2.45) is 5.92 Å². The van der Waals surface area contributed by atoms with E-state index in [2.05, 4.69) is 0 Å². The Morgan fingerprint density at radius 3 is 2.65 bits per heavy atom. The summed E-state index contributed by atoms with van der Waals surface area (Å²) in [6, 6.07) is 3.64. The van der Waals surface area contributed by atoms with Gasteiger partial charge >= 0.3 is 0 Å². The molecule has 130 valence electrons. The zero-order chi connectivity index (χ0) is 17.0. The van der Waals surface area contributed by atoms with E-state index in [4.69, 9.17) is 4.42 Å². The first-order valence-corrected chi connectivity index (χ1v) is 10.2. The van der Waals surface area contributed by atoms with Gasteiger partial charge in [0, 0.05) is 6.54 Å². The average Bonchev–Trinajstić information content (AvgIpc) is 2.71. The number of carbonyl (C=O) groups excluding carboxylic acids is 1. The molecule has 1 atom stereocenters. The van der Waals surface area contributed by atoms with Crippen LogP contribution in [-0.4, -0.2) is 37.3 Å². The lowest BCUT2D eigenvalue weighted by Crippen LogP contribution is -2.39. The van der Waals surface area contributed by atoms with Crippen LogP contribution in [-0.2, 0) is 14.6 Å². The average molecular weight is 341 g/mol. The molecule has 0 radical (unpaired) electrons. The Balaban J connectivity index is 2.17. The van der Waals surface area contributed by atoms with Gasteiger partial charge in [-0.05, 0) is 37.8 Å². The summed E-state index contributed by atoms with van der Waals surface area (Å²) in [5.41, 5.74) is 0. The Kier molecular flexibility index (Phi) is 5.89. The summed E-state index contributed by atoms with van der Waals surface area (Å²) in [7, 11) is -3.36. The highest BCUT2D eigenvalue weighted by Crippen LogP contribution is 2.31. The van der Waals surface area contributed by atoms with Crippen LogP contribution in [0.15, 0.2) is 16.5 Å². The van der Waals surface area contributed by atoms with Crippen LogP contribution in [0.4, 0.5) is 0 Å². The summed E-state index contributed by atoms with van der Waals surface area (Å²) in [6.07, 6.45) is 3.81. The predicted molar refractivity (Wildman–Crippen MR) is 89.9 cm³/mol. The van der Waals surface area contributed by atoms with Gasteiger partial charge in [0.05, 0.1) is 11.8 Å². The van der Waals surface area contributed by atoms with Gasteiger partial charge in [0.15, 0.2) is 9.84 Å². The topological polar surface area (TPSA) is 67.6 Å². The van der Waals surface area contributed by atoms with Gasteiger partial charge < -0.3 is 9.32 Å². The zero-order valence-corrected chi connectivity index (χ0v) is 15.1. The number of aryl methyl sites for hydroxylation is 1. The molecule has 1 amide bonds. The van der Waals surface area contributed by atoms with E-state index in [9.17, 15) is 13.2 Å². The normalized spacial score (nSPS) is 19.8. The highest BCUT2D eigenvalue weighted by molar-refractivity contribution is 7.92. The Hall–Kier alpha value is -1.30. The van der Waals surface area contributed by atoms with E-state index < -0.39 is 15.6 Å². The van der Waals surface area contributed by atoms with Gasteiger partial charge in [0.1, 0.15) is 17.3 Å². The molecule has 23 heavy (non-hydrogen) atoms. The maximum Gasteiger partial charge on any atom is 0.238 e. The molecule has 0 aliphatic carbocycles. The number of rotatable bonds is 5. The van der Waals surface area contributed by atoms with Crippen molar-refractivity contribution >= 4 is 15.7 Å². The van der Waals surface area contributed by atoms with Crippen LogP contribution in [0.2, 0.25) is 0 Å². The minimum absolute atomic E-state index is 0.0282. The minimum Gasteiger partial charge on any atom is -0.464 e. The first-order valence-electron chi connectivity index (χ1n) is 8.35. The largest absolute Gasteiger partial charge is 0.464 e. The molecule has 0 spiro atoms. The maximum atomic E-state index is 12.6. The van der Waals surface area contributed by atoms with E-state index in [-0.39, 0.29) is 23.6 Å². The number of amides is 1. The summed E-state index contributed by atoms with van der Waals surface area (Å²) in [5.74, 6) is 0.952. The first kappa shape index (κ1) is 18.0. The molecule has 0 bridgehead atoms. The standard InChI is InChI=1S/C17H27NO4S/c1-13(2)11-23(20,21)12-17(19)18-10-6-4-5-7-15(18)16-9-8-14(3)22-16/h8-9,13,15H,4-7,10-12H2,1-3H3/t15-/m1/s1. The predicted octanol–water partition coefficient (Wildman–Crippen LogP) is 3.10. The van der Waals surface area contributed by atoms with Gasteiger partial charge in [-0.1, -0.05) is 26.7 Å². The van der Waals surface area contributed by atoms with Crippen molar-refractivity contribution in [3.63, 3.8) is 0 Å².